The molecule has 0 radical (unpaired) electrons. The summed E-state index contributed by atoms with van der Waals surface area (Å²) in [5.74, 6) is -1.21. The van der Waals surface area contributed by atoms with Crippen molar-refractivity contribution in [3.63, 3.8) is 0 Å². The lowest BCUT2D eigenvalue weighted by atomic mass is 9.93. The molecule has 3 aliphatic heterocycles. The number of carbonyl (C=O) groups excluding carboxylic acids is 2. The smallest absolute Gasteiger partial charge is 0.292 e. The van der Waals surface area contributed by atoms with Crippen LogP contribution in [-0.2, 0) is 11.2 Å². The standard InChI is InChI=1S/C22H28FN5O2/c23-18-7-6-15(14-19-20-16(5-4-8-24-20)22(30)27-26-19)13-17(18)21(29)25-9-12-28-10-2-1-3-11-28/h6-7,13,19,24H,1-5,8-12,14H2,(H,25,29). The molecule has 0 bridgehead atoms. The normalized spacial score (nSPS) is 21.9. The second kappa shape index (κ2) is 9.47. The van der Waals surface area contributed by atoms with E-state index in [0.29, 0.717) is 25.0 Å². The van der Waals surface area contributed by atoms with Crippen LogP contribution in [0, 0.1) is 5.82 Å². The number of amides is 2. The minimum Gasteiger partial charge on any atom is -0.386 e. The Morgan fingerprint density at radius 1 is 1.23 bits per heavy atom. The van der Waals surface area contributed by atoms with E-state index in [1.54, 1.807) is 12.1 Å². The predicted octanol–water partition coefficient (Wildman–Crippen LogP) is 2.58. The van der Waals surface area contributed by atoms with E-state index in [2.05, 4.69) is 25.8 Å². The molecule has 1 aromatic carbocycles. The molecule has 30 heavy (non-hydrogen) atoms. The van der Waals surface area contributed by atoms with Gasteiger partial charge in [0.1, 0.15) is 11.9 Å². The van der Waals surface area contributed by atoms with Gasteiger partial charge in [-0.3, -0.25) is 9.59 Å². The van der Waals surface area contributed by atoms with E-state index >= 15 is 0 Å². The molecule has 0 spiro atoms. The topological polar surface area (TPSA) is 86.2 Å². The highest BCUT2D eigenvalue weighted by molar-refractivity contribution is 5.95. The van der Waals surface area contributed by atoms with Crippen molar-refractivity contribution < 1.29 is 14.0 Å². The Morgan fingerprint density at radius 3 is 2.90 bits per heavy atom. The van der Waals surface area contributed by atoms with Crippen molar-refractivity contribution in [1.82, 2.24) is 15.5 Å². The van der Waals surface area contributed by atoms with Gasteiger partial charge in [0.25, 0.3) is 11.8 Å². The maximum Gasteiger partial charge on any atom is 0.292 e. The Kier molecular flexibility index (Phi) is 6.52. The van der Waals surface area contributed by atoms with E-state index in [0.717, 1.165) is 43.9 Å². The molecule has 1 unspecified atom stereocenters. The summed E-state index contributed by atoms with van der Waals surface area (Å²) >= 11 is 0. The molecule has 4 rings (SSSR count). The van der Waals surface area contributed by atoms with Crippen molar-refractivity contribution in [2.75, 3.05) is 32.7 Å². The second-order valence-corrected chi connectivity index (χ2v) is 8.14. The number of azo groups is 1. The van der Waals surface area contributed by atoms with Crippen molar-refractivity contribution in [1.29, 1.82) is 0 Å². The lowest BCUT2D eigenvalue weighted by molar-refractivity contribution is -0.115. The van der Waals surface area contributed by atoms with Crippen molar-refractivity contribution in [3.8, 4) is 0 Å². The van der Waals surface area contributed by atoms with Crippen LogP contribution in [0.5, 0.6) is 0 Å². The van der Waals surface area contributed by atoms with Crippen molar-refractivity contribution >= 4 is 11.8 Å². The maximum absolute atomic E-state index is 14.3. The lowest BCUT2D eigenvalue weighted by Crippen LogP contribution is -2.38. The monoisotopic (exact) mass is 413 g/mol. The molecule has 1 aromatic rings. The first-order chi connectivity index (χ1) is 14.6. The number of hydrogen-bond acceptors (Lipinski definition) is 5. The summed E-state index contributed by atoms with van der Waals surface area (Å²) in [5.41, 5.74) is 2.34. The fraction of sp³-hybridized carbons (Fsp3) is 0.545. The van der Waals surface area contributed by atoms with Crippen LogP contribution in [0.4, 0.5) is 4.39 Å². The SMILES string of the molecule is O=C1N=NC(Cc2ccc(F)c(C(=O)NCCN3CCCCC3)c2)C2=C1CCCN2. The third kappa shape index (κ3) is 4.75. The zero-order valence-corrected chi connectivity index (χ0v) is 17.1. The van der Waals surface area contributed by atoms with Gasteiger partial charge in [0.2, 0.25) is 0 Å². The van der Waals surface area contributed by atoms with Crippen LogP contribution in [0.15, 0.2) is 39.7 Å². The largest absolute Gasteiger partial charge is 0.386 e. The van der Waals surface area contributed by atoms with Gasteiger partial charge in [0.15, 0.2) is 0 Å². The molecule has 3 aliphatic rings. The molecular formula is C22H28FN5O2. The summed E-state index contributed by atoms with van der Waals surface area (Å²) in [4.78, 5) is 26.8. The van der Waals surface area contributed by atoms with E-state index in [4.69, 9.17) is 0 Å². The Morgan fingerprint density at radius 2 is 2.07 bits per heavy atom. The van der Waals surface area contributed by atoms with Crippen LogP contribution in [0.2, 0.25) is 0 Å². The summed E-state index contributed by atoms with van der Waals surface area (Å²) in [7, 11) is 0. The molecule has 7 nitrogen and oxygen atoms in total. The Bertz CT molecular complexity index is 876. The first-order valence-electron chi connectivity index (χ1n) is 10.8. The van der Waals surface area contributed by atoms with Gasteiger partial charge in [0.05, 0.1) is 5.56 Å². The van der Waals surface area contributed by atoms with Crippen molar-refractivity contribution in [2.24, 2.45) is 10.2 Å². The molecule has 1 atom stereocenters. The first-order valence-corrected chi connectivity index (χ1v) is 10.8. The molecule has 0 aromatic heterocycles. The van der Waals surface area contributed by atoms with Crippen molar-refractivity contribution in [2.45, 2.75) is 44.6 Å². The third-order valence-corrected chi connectivity index (χ3v) is 5.99. The molecule has 8 heteroatoms. The highest BCUT2D eigenvalue weighted by atomic mass is 19.1. The lowest BCUT2D eigenvalue weighted by Gasteiger charge is -2.27. The average Bonchev–Trinajstić information content (AvgIpc) is 2.78. The number of nitrogens with one attached hydrogen (secondary N) is 2. The Balaban J connectivity index is 1.40. The number of hydrogen-bond donors (Lipinski definition) is 2. The van der Waals surface area contributed by atoms with Crippen LogP contribution in [-0.4, -0.2) is 55.5 Å². The van der Waals surface area contributed by atoms with Gasteiger partial charge in [-0.25, -0.2) is 4.39 Å². The van der Waals surface area contributed by atoms with Crippen LogP contribution >= 0.6 is 0 Å². The molecule has 160 valence electrons. The molecule has 0 aliphatic carbocycles. The number of halogens is 1. The van der Waals surface area contributed by atoms with Gasteiger partial charge in [-0.05, 0) is 56.5 Å². The molecule has 1 saturated heterocycles. The molecule has 1 fully saturated rings. The predicted molar refractivity (Wildman–Crippen MR) is 111 cm³/mol. The zero-order valence-electron chi connectivity index (χ0n) is 17.1. The van der Waals surface area contributed by atoms with Gasteiger partial charge >= 0.3 is 0 Å². The van der Waals surface area contributed by atoms with Crippen LogP contribution in [0.3, 0.4) is 0 Å². The van der Waals surface area contributed by atoms with E-state index in [9.17, 15) is 14.0 Å². The maximum atomic E-state index is 14.3. The van der Waals surface area contributed by atoms with E-state index in [1.165, 1.54) is 25.3 Å². The summed E-state index contributed by atoms with van der Waals surface area (Å²) in [5, 5.41) is 14.0. The summed E-state index contributed by atoms with van der Waals surface area (Å²) < 4.78 is 14.3. The first kappa shape index (κ1) is 20.7. The van der Waals surface area contributed by atoms with E-state index in [1.807, 2.05) is 0 Å². The van der Waals surface area contributed by atoms with Gasteiger partial charge in [-0.1, -0.05) is 12.5 Å². The zero-order chi connectivity index (χ0) is 20.9. The van der Waals surface area contributed by atoms with Gasteiger partial charge < -0.3 is 15.5 Å². The number of likely N-dealkylation sites (tertiary alicyclic amines) is 1. The molecular weight excluding hydrogens is 385 g/mol. The Labute approximate surface area is 175 Å². The van der Waals surface area contributed by atoms with E-state index in [-0.39, 0.29) is 17.5 Å². The van der Waals surface area contributed by atoms with Crippen LogP contribution in [0.1, 0.15) is 48.0 Å². The number of piperidine rings is 1. The number of carbonyl (C=O) groups is 2. The molecule has 2 N–H and O–H groups in total. The van der Waals surface area contributed by atoms with Crippen LogP contribution in [0.25, 0.3) is 0 Å². The minimum atomic E-state index is -0.537. The number of benzene rings is 1. The van der Waals surface area contributed by atoms with Crippen molar-refractivity contribution in [3.05, 3.63) is 46.4 Å². The van der Waals surface area contributed by atoms with Gasteiger partial charge in [-0.2, -0.15) is 5.11 Å². The second-order valence-electron chi connectivity index (χ2n) is 8.14. The number of nitrogens with zero attached hydrogens (tertiary/aromatic N) is 3. The summed E-state index contributed by atoms with van der Waals surface area (Å²) in [6.07, 6.45) is 5.71. The molecule has 3 heterocycles. The van der Waals surface area contributed by atoms with Gasteiger partial charge in [-0.15, -0.1) is 5.11 Å². The number of rotatable bonds is 6. The van der Waals surface area contributed by atoms with Gasteiger partial charge in [0, 0.05) is 37.3 Å². The molecule has 0 saturated carbocycles. The third-order valence-electron chi connectivity index (χ3n) is 5.99. The quantitative estimate of drug-likeness (QED) is 0.751. The fourth-order valence-electron chi connectivity index (χ4n) is 4.36. The van der Waals surface area contributed by atoms with Crippen LogP contribution < -0.4 is 10.6 Å². The highest BCUT2D eigenvalue weighted by Gasteiger charge is 2.29. The molecule has 2 amide bonds. The summed E-state index contributed by atoms with van der Waals surface area (Å²) in [6, 6.07) is 4.26. The Hall–Kier alpha value is -2.61. The fourth-order valence-corrected chi connectivity index (χ4v) is 4.36. The average molecular weight is 413 g/mol. The van der Waals surface area contributed by atoms with E-state index < -0.39 is 11.7 Å². The summed E-state index contributed by atoms with van der Waals surface area (Å²) in [6.45, 7) is 4.20. The minimum absolute atomic E-state index is 0.0424. The highest BCUT2D eigenvalue weighted by Crippen LogP contribution is 2.27.